The number of rotatable bonds is 10. The van der Waals surface area contributed by atoms with Gasteiger partial charge in [-0.05, 0) is 104 Å². The lowest BCUT2D eigenvalue weighted by Gasteiger charge is -2.71. The Labute approximate surface area is 392 Å². The van der Waals surface area contributed by atoms with Gasteiger partial charge in [-0.25, -0.2) is 0 Å². The molecular formula is C49H76O18. The summed E-state index contributed by atoms with van der Waals surface area (Å²) < 4.78 is 46.6. The standard InChI is InChI=1S/C49H76O18/c1-24(51)63-30-22-62-41(36(57)38(30)64-25(2)52)66-37-29(54)21-60-40(35(37)56)67-39-34(55)28(53)20-61-42(39)65-33-12-13-45(5)31(46(33,6)23-50)11-14-48(8)32(45)10-9-26-27-19-44(3,4)15-17-49(27,43(58)59)18-16-47(26,48)7/h9,27-42,50,53-57H,10-23H2,1-8H3,(H,58,59)/t27?,28-,29-,30+,31?,32?,33-,34-,35+,36+,37+,38-,39+,40-,41-,42-,45-,46-,47+,48+,49-/m0/s1. The Bertz CT molecular complexity index is 1890. The van der Waals surface area contributed by atoms with Crippen molar-refractivity contribution in [3.8, 4) is 0 Å². The van der Waals surface area contributed by atoms with E-state index in [0.29, 0.717) is 19.3 Å². The maximum Gasteiger partial charge on any atom is 0.310 e. The number of carboxylic acid groups (broad SMARTS) is 1. The SMILES string of the molecule is CC(=O)O[C@@H]1[C@@H](O)[C@H](O[C@H]2[C@@H](O)[C@H](O[C@H]3[C@H](O[C@H]4CC[C@@]5(C)C(CC[C@]6(C)C5CC=C5C7CC(C)(C)CC[C@]7(C(=O)O)CC[C@]56C)[C@]4(C)CO)OC[C@H](O)[C@@H]3O)OC[C@@H]2O)OC[C@H]1OC(C)=O. The highest BCUT2D eigenvalue weighted by molar-refractivity contribution is 5.76. The molecule has 8 aliphatic rings. The topological polar surface area (TPSA) is 267 Å². The van der Waals surface area contributed by atoms with Crippen LogP contribution in [0.3, 0.4) is 0 Å². The number of carbonyl (C=O) groups is 3. The monoisotopic (exact) mass is 953 g/mol. The number of carboxylic acids is 1. The Hall–Kier alpha value is -2.33. The van der Waals surface area contributed by atoms with E-state index in [9.17, 15) is 50.1 Å². The lowest BCUT2D eigenvalue weighted by atomic mass is 9.33. The molecule has 8 rings (SSSR count). The molecule has 7 N–H and O–H groups in total. The van der Waals surface area contributed by atoms with Gasteiger partial charge in [0.15, 0.2) is 31.1 Å². The van der Waals surface area contributed by atoms with Gasteiger partial charge in [0.25, 0.3) is 0 Å². The molecule has 21 atom stereocenters. The Kier molecular flexibility index (Phi) is 14.0. The van der Waals surface area contributed by atoms with Gasteiger partial charge in [-0.15, -0.1) is 0 Å². The van der Waals surface area contributed by atoms with Gasteiger partial charge < -0.3 is 73.6 Å². The number of aliphatic hydroxyl groups excluding tert-OH is 6. The number of fused-ring (bicyclic) bond motifs is 7. The Morgan fingerprint density at radius 3 is 1.94 bits per heavy atom. The van der Waals surface area contributed by atoms with Gasteiger partial charge in [0.1, 0.15) is 42.7 Å². The van der Waals surface area contributed by atoms with Gasteiger partial charge in [0, 0.05) is 19.3 Å². The summed E-state index contributed by atoms with van der Waals surface area (Å²) in [4.78, 5) is 36.7. The van der Waals surface area contributed by atoms with Crippen molar-refractivity contribution in [1.29, 1.82) is 0 Å². The summed E-state index contributed by atoms with van der Waals surface area (Å²) in [6.45, 7) is 14.8. The first-order valence-corrected chi connectivity index (χ1v) is 24.5. The first-order chi connectivity index (χ1) is 31.4. The third-order valence-corrected chi connectivity index (χ3v) is 18.9. The van der Waals surface area contributed by atoms with Crippen molar-refractivity contribution in [2.24, 2.45) is 50.2 Å². The minimum absolute atomic E-state index is 0.00549. The fourth-order valence-corrected chi connectivity index (χ4v) is 14.9. The van der Waals surface area contributed by atoms with E-state index in [-0.39, 0.29) is 59.2 Å². The molecule has 0 spiro atoms. The number of hydrogen-bond acceptors (Lipinski definition) is 17. The maximum absolute atomic E-state index is 13.1. The summed E-state index contributed by atoms with van der Waals surface area (Å²) in [7, 11) is 0. The van der Waals surface area contributed by atoms with E-state index in [0.717, 1.165) is 58.8 Å². The van der Waals surface area contributed by atoms with Gasteiger partial charge in [0.05, 0.1) is 37.9 Å². The summed E-state index contributed by atoms with van der Waals surface area (Å²) in [6, 6.07) is 0. The number of aliphatic carboxylic acids is 1. The minimum atomic E-state index is -1.78. The average molecular weight is 953 g/mol. The van der Waals surface area contributed by atoms with Crippen molar-refractivity contribution >= 4 is 17.9 Å². The van der Waals surface area contributed by atoms with E-state index in [2.05, 4.69) is 40.7 Å². The molecule has 0 aromatic rings. The first kappa shape index (κ1) is 51.0. The lowest BCUT2D eigenvalue weighted by Crippen LogP contribution is -2.67. The minimum Gasteiger partial charge on any atom is -0.481 e. The molecular weight excluding hydrogens is 877 g/mol. The van der Waals surface area contributed by atoms with Crippen LogP contribution in [-0.2, 0) is 52.3 Å². The predicted octanol–water partition coefficient (Wildman–Crippen LogP) is 2.74. The maximum atomic E-state index is 13.1. The third-order valence-electron chi connectivity index (χ3n) is 18.9. The van der Waals surface area contributed by atoms with Crippen molar-refractivity contribution in [2.45, 2.75) is 200 Å². The number of ether oxygens (including phenoxy) is 8. The van der Waals surface area contributed by atoms with E-state index in [1.807, 2.05) is 6.92 Å². The van der Waals surface area contributed by atoms with Crippen LogP contribution >= 0.6 is 0 Å². The number of carbonyl (C=O) groups excluding carboxylic acids is 2. The van der Waals surface area contributed by atoms with Crippen LogP contribution in [0.5, 0.6) is 0 Å². The molecule has 3 unspecified atom stereocenters. The van der Waals surface area contributed by atoms with E-state index in [1.54, 1.807) is 0 Å². The Balaban J connectivity index is 0.989. The largest absolute Gasteiger partial charge is 0.481 e. The highest BCUT2D eigenvalue weighted by Crippen LogP contribution is 2.76. The van der Waals surface area contributed by atoms with Crippen molar-refractivity contribution in [1.82, 2.24) is 0 Å². The van der Waals surface area contributed by atoms with Crippen LogP contribution in [0.15, 0.2) is 11.6 Å². The first-order valence-electron chi connectivity index (χ1n) is 24.5. The molecule has 18 heteroatoms. The molecule has 4 saturated carbocycles. The van der Waals surface area contributed by atoms with E-state index >= 15 is 0 Å². The smallest absolute Gasteiger partial charge is 0.310 e. The Morgan fingerprint density at radius 1 is 0.672 bits per heavy atom. The summed E-state index contributed by atoms with van der Waals surface area (Å²) in [5, 5.41) is 78.1. The van der Waals surface area contributed by atoms with Crippen LogP contribution in [0.4, 0.5) is 0 Å². The molecule has 0 amide bonds. The van der Waals surface area contributed by atoms with Crippen LogP contribution in [0, 0.1) is 50.2 Å². The van der Waals surface area contributed by atoms with Crippen LogP contribution in [0.25, 0.3) is 0 Å². The summed E-state index contributed by atoms with van der Waals surface area (Å²) in [6.07, 6.45) is -8.27. The summed E-state index contributed by atoms with van der Waals surface area (Å²) >= 11 is 0. The van der Waals surface area contributed by atoms with Gasteiger partial charge >= 0.3 is 17.9 Å². The van der Waals surface area contributed by atoms with Crippen LogP contribution in [-0.4, -0.2) is 160 Å². The zero-order valence-corrected chi connectivity index (χ0v) is 40.3. The van der Waals surface area contributed by atoms with Crippen molar-refractivity contribution in [3.63, 3.8) is 0 Å². The molecule has 3 heterocycles. The molecule has 18 nitrogen and oxygen atoms in total. The number of allylic oxidation sites excluding steroid dienone is 2. The predicted molar refractivity (Wildman–Crippen MR) is 233 cm³/mol. The van der Waals surface area contributed by atoms with E-state index < -0.39 is 115 Å². The second-order valence-electron chi connectivity index (χ2n) is 23.1. The highest BCUT2D eigenvalue weighted by atomic mass is 16.8. The van der Waals surface area contributed by atoms with Gasteiger partial charge in [-0.2, -0.15) is 0 Å². The number of aliphatic hydroxyl groups is 6. The molecule has 0 aromatic heterocycles. The van der Waals surface area contributed by atoms with Gasteiger partial charge in [-0.1, -0.05) is 53.2 Å². The third kappa shape index (κ3) is 8.51. The van der Waals surface area contributed by atoms with Crippen molar-refractivity contribution in [3.05, 3.63) is 11.6 Å². The molecule has 3 aliphatic heterocycles. The second kappa shape index (κ2) is 18.4. The Morgan fingerprint density at radius 2 is 1.28 bits per heavy atom. The molecule has 67 heavy (non-hydrogen) atoms. The molecule has 7 fully saturated rings. The molecule has 380 valence electrons. The normalized spacial score (nSPS) is 50.6. The fraction of sp³-hybridized carbons (Fsp3) is 0.898. The number of hydrogen-bond donors (Lipinski definition) is 7. The van der Waals surface area contributed by atoms with E-state index in [1.165, 1.54) is 5.57 Å². The highest BCUT2D eigenvalue weighted by Gasteiger charge is 2.70. The molecule has 0 radical (unpaired) electrons. The zero-order valence-electron chi connectivity index (χ0n) is 40.3. The quantitative estimate of drug-likeness (QED) is 0.0943. The van der Waals surface area contributed by atoms with Crippen molar-refractivity contribution < 1.29 is 88.0 Å². The van der Waals surface area contributed by atoms with Crippen molar-refractivity contribution in [2.75, 3.05) is 26.4 Å². The van der Waals surface area contributed by atoms with E-state index in [4.69, 9.17) is 37.9 Å². The fourth-order valence-electron chi connectivity index (χ4n) is 14.9. The van der Waals surface area contributed by atoms with Crippen LogP contribution in [0.1, 0.15) is 120 Å². The van der Waals surface area contributed by atoms with Gasteiger partial charge in [0.2, 0.25) is 0 Å². The molecule has 0 bridgehead atoms. The number of esters is 2. The molecule has 5 aliphatic carbocycles. The average Bonchev–Trinajstić information content (AvgIpc) is 3.25. The summed E-state index contributed by atoms with van der Waals surface area (Å²) in [5.74, 6) is -1.88. The molecule has 0 aromatic carbocycles. The summed E-state index contributed by atoms with van der Waals surface area (Å²) in [5.41, 5.74) is -0.622. The van der Waals surface area contributed by atoms with Gasteiger partial charge in [-0.3, -0.25) is 14.4 Å². The molecule has 3 saturated heterocycles. The van der Waals surface area contributed by atoms with Crippen LogP contribution in [0.2, 0.25) is 0 Å². The van der Waals surface area contributed by atoms with Crippen LogP contribution < -0.4 is 0 Å². The lowest BCUT2D eigenvalue weighted by molar-refractivity contribution is -0.370. The zero-order chi connectivity index (χ0) is 48.8. The second-order valence-corrected chi connectivity index (χ2v) is 23.1.